The van der Waals surface area contributed by atoms with Gasteiger partial charge in [-0.05, 0) is 86.1 Å². The second-order valence-corrected chi connectivity index (χ2v) is 8.79. The van der Waals surface area contributed by atoms with Crippen LogP contribution < -0.4 is 0 Å². The minimum Gasteiger partial charge on any atom is -0.0616 e. The Morgan fingerprint density at radius 1 is 0.303 bits per heavy atom. The predicted molar refractivity (Wildman–Crippen MR) is 142 cm³/mol. The first-order chi connectivity index (χ1) is 16.2. The third-order valence-electron chi connectivity index (χ3n) is 6.47. The number of hydrogen-bond donors (Lipinski definition) is 0. The molecule has 156 valence electrons. The van der Waals surface area contributed by atoms with Gasteiger partial charge in [0.05, 0.1) is 0 Å². The summed E-state index contributed by atoms with van der Waals surface area (Å²) in [6.45, 7) is 2.14. The van der Waals surface area contributed by atoms with Gasteiger partial charge in [-0.1, -0.05) is 109 Å². The SMILES string of the molecule is Cc1cccc(-c2ccc3cc(-c4cccc(-c5ccc6ccccc6c5)c4)ccc3c2)c1. The van der Waals surface area contributed by atoms with Crippen molar-refractivity contribution in [3.05, 3.63) is 133 Å². The van der Waals surface area contributed by atoms with Gasteiger partial charge < -0.3 is 0 Å². The third-order valence-corrected chi connectivity index (χ3v) is 6.47. The normalized spacial score (nSPS) is 11.2. The Bertz CT molecular complexity index is 1620. The van der Waals surface area contributed by atoms with Crippen LogP contribution in [-0.4, -0.2) is 0 Å². The highest BCUT2D eigenvalue weighted by Crippen LogP contribution is 2.32. The van der Waals surface area contributed by atoms with E-state index in [0.717, 1.165) is 0 Å². The Kier molecular flexibility index (Phi) is 4.78. The molecular formula is C33H24. The Hall–Kier alpha value is -4.16. The molecule has 0 bridgehead atoms. The predicted octanol–water partition coefficient (Wildman–Crippen LogP) is 9.30. The van der Waals surface area contributed by atoms with Crippen LogP contribution in [-0.2, 0) is 0 Å². The lowest BCUT2D eigenvalue weighted by Crippen LogP contribution is -1.84. The molecule has 0 saturated carbocycles. The fraction of sp³-hybridized carbons (Fsp3) is 0.0303. The van der Waals surface area contributed by atoms with Gasteiger partial charge in [0.15, 0.2) is 0 Å². The van der Waals surface area contributed by atoms with Crippen molar-refractivity contribution in [3.63, 3.8) is 0 Å². The number of fused-ring (bicyclic) bond motifs is 2. The van der Waals surface area contributed by atoms with Crippen molar-refractivity contribution in [2.75, 3.05) is 0 Å². The van der Waals surface area contributed by atoms with Crippen molar-refractivity contribution >= 4 is 21.5 Å². The summed E-state index contributed by atoms with van der Waals surface area (Å²) in [5, 5.41) is 5.08. The lowest BCUT2D eigenvalue weighted by molar-refractivity contribution is 1.47. The minimum atomic E-state index is 1.24. The van der Waals surface area contributed by atoms with Crippen LogP contribution >= 0.6 is 0 Å². The van der Waals surface area contributed by atoms with E-state index in [4.69, 9.17) is 0 Å². The molecule has 0 saturated heterocycles. The van der Waals surface area contributed by atoms with Crippen molar-refractivity contribution in [1.82, 2.24) is 0 Å². The summed E-state index contributed by atoms with van der Waals surface area (Å²) in [5.74, 6) is 0. The van der Waals surface area contributed by atoms with E-state index < -0.39 is 0 Å². The van der Waals surface area contributed by atoms with Crippen molar-refractivity contribution in [2.24, 2.45) is 0 Å². The Balaban J connectivity index is 1.37. The molecule has 0 heterocycles. The molecule has 0 amide bonds. The fourth-order valence-corrected chi connectivity index (χ4v) is 4.68. The summed E-state index contributed by atoms with van der Waals surface area (Å²) in [7, 11) is 0. The molecule has 33 heavy (non-hydrogen) atoms. The first-order valence-corrected chi connectivity index (χ1v) is 11.4. The van der Waals surface area contributed by atoms with E-state index in [1.165, 1.54) is 60.5 Å². The highest BCUT2D eigenvalue weighted by atomic mass is 14.1. The molecule has 0 radical (unpaired) electrons. The van der Waals surface area contributed by atoms with E-state index in [9.17, 15) is 0 Å². The molecule has 0 fully saturated rings. The Morgan fingerprint density at radius 3 is 1.30 bits per heavy atom. The highest BCUT2D eigenvalue weighted by molar-refractivity contribution is 5.92. The summed E-state index contributed by atoms with van der Waals surface area (Å²) in [6.07, 6.45) is 0. The summed E-state index contributed by atoms with van der Waals surface area (Å²) in [6, 6.07) is 46.3. The van der Waals surface area contributed by atoms with Gasteiger partial charge in [0, 0.05) is 0 Å². The van der Waals surface area contributed by atoms with Gasteiger partial charge in [-0.2, -0.15) is 0 Å². The molecule has 0 aliphatic carbocycles. The maximum Gasteiger partial charge on any atom is -0.0177 e. The van der Waals surface area contributed by atoms with Crippen molar-refractivity contribution < 1.29 is 0 Å². The van der Waals surface area contributed by atoms with Gasteiger partial charge in [-0.15, -0.1) is 0 Å². The second kappa shape index (κ2) is 8.07. The minimum absolute atomic E-state index is 1.24. The molecule has 0 unspecified atom stereocenters. The van der Waals surface area contributed by atoms with E-state index in [2.05, 4.69) is 134 Å². The van der Waals surface area contributed by atoms with Crippen LogP contribution in [0.15, 0.2) is 127 Å². The van der Waals surface area contributed by atoms with Crippen LogP contribution in [0.1, 0.15) is 5.56 Å². The zero-order valence-corrected chi connectivity index (χ0v) is 18.6. The Morgan fingerprint density at radius 2 is 0.727 bits per heavy atom. The van der Waals surface area contributed by atoms with E-state index >= 15 is 0 Å². The zero-order valence-electron chi connectivity index (χ0n) is 18.6. The van der Waals surface area contributed by atoms with Crippen LogP contribution in [0.2, 0.25) is 0 Å². The van der Waals surface area contributed by atoms with Crippen LogP contribution in [0.3, 0.4) is 0 Å². The molecule has 0 nitrogen and oxygen atoms in total. The maximum atomic E-state index is 2.30. The molecule has 0 aliphatic heterocycles. The molecule has 6 rings (SSSR count). The smallest absolute Gasteiger partial charge is 0.0177 e. The highest BCUT2D eigenvalue weighted by Gasteiger charge is 2.06. The van der Waals surface area contributed by atoms with Gasteiger partial charge in [0.1, 0.15) is 0 Å². The van der Waals surface area contributed by atoms with Crippen LogP contribution in [0.5, 0.6) is 0 Å². The third kappa shape index (κ3) is 3.81. The monoisotopic (exact) mass is 420 g/mol. The van der Waals surface area contributed by atoms with E-state index in [1.807, 2.05) is 0 Å². The molecule has 0 atom stereocenters. The fourth-order valence-electron chi connectivity index (χ4n) is 4.68. The summed E-state index contributed by atoms with van der Waals surface area (Å²) < 4.78 is 0. The molecule has 0 spiro atoms. The van der Waals surface area contributed by atoms with Gasteiger partial charge in [-0.3, -0.25) is 0 Å². The second-order valence-electron chi connectivity index (χ2n) is 8.79. The molecule has 0 heteroatoms. The van der Waals surface area contributed by atoms with E-state index in [1.54, 1.807) is 0 Å². The summed E-state index contributed by atoms with van der Waals surface area (Å²) in [4.78, 5) is 0. The lowest BCUT2D eigenvalue weighted by atomic mass is 9.95. The van der Waals surface area contributed by atoms with Crippen molar-refractivity contribution in [1.29, 1.82) is 0 Å². The molecule has 6 aromatic rings. The van der Waals surface area contributed by atoms with Crippen LogP contribution in [0.4, 0.5) is 0 Å². The lowest BCUT2D eigenvalue weighted by Gasteiger charge is -2.10. The van der Waals surface area contributed by atoms with Crippen molar-refractivity contribution in [2.45, 2.75) is 6.92 Å². The van der Waals surface area contributed by atoms with Gasteiger partial charge in [-0.25, -0.2) is 0 Å². The average Bonchev–Trinajstić information content (AvgIpc) is 2.88. The molecule has 0 aromatic heterocycles. The van der Waals surface area contributed by atoms with Gasteiger partial charge in [0.2, 0.25) is 0 Å². The summed E-state index contributed by atoms with van der Waals surface area (Å²) in [5.41, 5.74) is 8.79. The Labute approximate surface area is 194 Å². The van der Waals surface area contributed by atoms with Gasteiger partial charge >= 0.3 is 0 Å². The zero-order chi connectivity index (χ0) is 22.2. The first kappa shape index (κ1) is 19.5. The standard InChI is InChI=1S/C33H24/c1-23-6-4-9-25(18-23)29-14-16-33-22-31(15-17-32(33)21-29)28-11-5-10-27(20-28)30-13-12-24-7-2-3-8-26(24)19-30/h2-22H,1H3. The number of hydrogen-bond acceptors (Lipinski definition) is 0. The van der Waals surface area contributed by atoms with Crippen molar-refractivity contribution in [3.8, 4) is 33.4 Å². The molecule has 0 aliphatic rings. The maximum absolute atomic E-state index is 2.30. The summed E-state index contributed by atoms with van der Waals surface area (Å²) >= 11 is 0. The average molecular weight is 421 g/mol. The van der Waals surface area contributed by atoms with E-state index in [-0.39, 0.29) is 0 Å². The van der Waals surface area contributed by atoms with Gasteiger partial charge in [0.25, 0.3) is 0 Å². The molecule has 6 aromatic carbocycles. The van der Waals surface area contributed by atoms with Crippen LogP contribution in [0.25, 0.3) is 54.9 Å². The van der Waals surface area contributed by atoms with E-state index in [0.29, 0.717) is 0 Å². The number of aryl methyl sites for hydroxylation is 1. The van der Waals surface area contributed by atoms with Crippen LogP contribution in [0, 0.1) is 6.92 Å². The largest absolute Gasteiger partial charge is 0.0616 e. The topological polar surface area (TPSA) is 0 Å². The number of benzene rings is 6. The number of rotatable bonds is 3. The first-order valence-electron chi connectivity index (χ1n) is 11.4. The quantitative estimate of drug-likeness (QED) is 0.267. The molecule has 0 N–H and O–H groups in total. The molecular weight excluding hydrogens is 396 g/mol.